The Labute approximate surface area is 110 Å². The summed E-state index contributed by atoms with van der Waals surface area (Å²) in [6.45, 7) is 7.45. The third-order valence-electron chi connectivity index (χ3n) is 3.43. The molecular formula is C15H24N2O. The Morgan fingerprint density at radius 3 is 2.78 bits per heavy atom. The highest BCUT2D eigenvalue weighted by atomic mass is 16.5. The van der Waals surface area contributed by atoms with E-state index in [0.717, 1.165) is 30.5 Å². The summed E-state index contributed by atoms with van der Waals surface area (Å²) in [6, 6.07) is 8.22. The van der Waals surface area contributed by atoms with Crippen LogP contribution in [0, 0.1) is 5.92 Å². The molecule has 1 aliphatic carbocycles. The van der Waals surface area contributed by atoms with Gasteiger partial charge in [-0.05, 0) is 44.7 Å². The monoisotopic (exact) mass is 248 g/mol. The first-order chi connectivity index (χ1) is 8.65. The van der Waals surface area contributed by atoms with Crippen molar-refractivity contribution < 1.29 is 4.74 Å². The van der Waals surface area contributed by atoms with Crippen LogP contribution in [-0.4, -0.2) is 30.6 Å². The van der Waals surface area contributed by atoms with Crippen molar-refractivity contribution in [2.24, 2.45) is 5.92 Å². The van der Waals surface area contributed by atoms with Gasteiger partial charge >= 0.3 is 0 Å². The molecule has 0 radical (unpaired) electrons. The van der Waals surface area contributed by atoms with Crippen LogP contribution in [-0.2, 0) is 0 Å². The van der Waals surface area contributed by atoms with Gasteiger partial charge in [0.1, 0.15) is 12.4 Å². The standard InChI is InChI=1S/C15H24N2O/c1-12(2)17(11-13-6-7-13)8-9-18-15-5-3-4-14(16)10-15/h3-5,10,12-13H,6-9,11,16H2,1-2H3. The predicted molar refractivity (Wildman–Crippen MR) is 75.8 cm³/mol. The Balaban J connectivity index is 1.75. The van der Waals surface area contributed by atoms with E-state index < -0.39 is 0 Å². The molecule has 0 unspecified atom stereocenters. The second-order valence-electron chi connectivity index (χ2n) is 5.45. The number of anilines is 1. The minimum absolute atomic E-state index is 0.593. The second kappa shape index (κ2) is 6.10. The van der Waals surface area contributed by atoms with E-state index in [0.29, 0.717) is 6.04 Å². The Morgan fingerprint density at radius 2 is 2.17 bits per heavy atom. The molecule has 1 aromatic carbocycles. The number of nitrogens with zero attached hydrogens (tertiary/aromatic N) is 1. The molecule has 3 nitrogen and oxygen atoms in total. The van der Waals surface area contributed by atoms with E-state index in [-0.39, 0.29) is 0 Å². The summed E-state index contributed by atoms with van der Waals surface area (Å²) in [6.07, 6.45) is 2.80. The van der Waals surface area contributed by atoms with Crippen molar-refractivity contribution in [2.45, 2.75) is 32.7 Å². The molecule has 18 heavy (non-hydrogen) atoms. The molecule has 2 N–H and O–H groups in total. The lowest BCUT2D eigenvalue weighted by molar-refractivity contribution is 0.170. The molecule has 1 aromatic rings. The normalized spacial score (nSPS) is 15.3. The van der Waals surface area contributed by atoms with Gasteiger partial charge in [-0.3, -0.25) is 4.90 Å². The minimum atomic E-state index is 0.593. The molecule has 0 saturated heterocycles. The van der Waals surface area contributed by atoms with Gasteiger partial charge in [0.15, 0.2) is 0 Å². The predicted octanol–water partition coefficient (Wildman–Crippen LogP) is 2.77. The minimum Gasteiger partial charge on any atom is -0.492 e. The summed E-state index contributed by atoms with van der Waals surface area (Å²) in [5, 5.41) is 0. The first-order valence-electron chi connectivity index (χ1n) is 6.87. The van der Waals surface area contributed by atoms with Crippen LogP contribution in [0.3, 0.4) is 0 Å². The van der Waals surface area contributed by atoms with E-state index in [4.69, 9.17) is 10.5 Å². The van der Waals surface area contributed by atoms with Crippen molar-refractivity contribution in [3.05, 3.63) is 24.3 Å². The van der Waals surface area contributed by atoms with Crippen LogP contribution in [0.25, 0.3) is 0 Å². The van der Waals surface area contributed by atoms with Crippen LogP contribution in [0.5, 0.6) is 5.75 Å². The van der Waals surface area contributed by atoms with E-state index in [1.807, 2.05) is 24.3 Å². The van der Waals surface area contributed by atoms with Crippen molar-refractivity contribution in [1.29, 1.82) is 0 Å². The number of rotatable bonds is 7. The van der Waals surface area contributed by atoms with Crippen LogP contribution in [0.2, 0.25) is 0 Å². The Kier molecular flexibility index (Phi) is 4.48. The summed E-state index contributed by atoms with van der Waals surface area (Å²) in [4.78, 5) is 2.50. The summed E-state index contributed by atoms with van der Waals surface area (Å²) in [5.41, 5.74) is 6.48. The van der Waals surface area contributed by atoms with Gasteiger partial charge in [-0.25, -0.2) is 0 Å². The van der Waals surface area contributed by atoms with E-state index in [1.54, 1.807) is 0 Å². The zero-order chi connectivity index (χ0) is 13.0. The third-order valence-corrected chi connectivity index (χ3v) is 3.43. The Hall–Kier alpha value is -1.22. The van der Waals surface area contributed by atoms with Crippen molar-refractivity contribution in [3.63, 3.8) is 0 Å². The number of benzene rings is 1. The number of ether oxygens (including phenoxy) is 1. The van der Waals surface area contributed by atoms with Gasteiger partial charge < -0.3 is 10.5 Å². The highest BCUT2D eigenvalue weighted by Crippen LogP contribution is 2.30. The number of nitrogen functional groups attached to an aromatic ring is 1. The molecule has 1 saturated carbocycles. The topological polar surface area (TPSA) is 38.5 Å². The largest absolute Gasteiger partial charge is 0.492 e. The number of nitrogens with two attached hydrogens (primary N) is 1. The summed E-state index contributed by atoms with van der Waals surface area (Å²) < 4.78 is 5.75. The van der Waals surface area contributed by atoms with Gasteiger partial charge in [-0.15, -0.1) is 0 Å². The average Bonchev–Trinajstić information content (AvgIpc) is 3.11. The van der Waals surface area contributed by atoms with Gasteiger partial charge in [-0.1, -0.05) is 6.07 Å². The first kappa shape index (κ1) is 13.2. The fourth-order valence-corrected chi connectivity index (χ4v) is 2.08. The maximum absolute atomic E-state index is 5.75. The molecule has 1 fully saturated rings. The van der Waals surface area contributed by atoms with Crippen LogP contribution in [0.1, 0.15) is 26.7 Å². The Morgan fingerprint density at radius 1 is 1.39 bits per heavy atom. The van der Waals surface area contributed by atoms with Crippen molar-refractivity contribution >= 4 is 5.69 Å². The second-order valence-corrected chi connectivity index (χ2v) is 5.45. The SMILES string of the molecule is CC(C)N(CCOc1cccc(N)c1)CC1CC1. The Bertz CT molecular complexity index is 375. The maximum atomic E-state index is 5.75. The molecule has 0 aliphatic heterocycles. The summed E-state index contributed by atoms with van der Waals surface area (Å²) in [5.74, 6) is 1.80. The zero-order valence-corrected chi connectivity index (χ0v) is 11.4. The highest BCUT2D eigenvalue weighted by Gasteiger charge is 2.25. The van der Waals surface area contributed by atoms with E-state index >= 15 is 0 Å². The molecule has 2 rings (SSSR count). The summed E-state index contributed by atoms with van der Waals surface area (Å²) >= 11 is 0. The molecule has 0 bridgehead atoms. The van der Waals surface area contributed by atoms with Gasteiger partial charge in [0.2, 0.25) is 0 Å². The molecule has 0 heterocycles. The van der Waals surface area contributed by atoms with Crippen LogP contribution >= 0.6 is 0 Å². The molecule has 3 heteroatoms. The van der Waals surface area contributed by atoms with Gasteiger partial charge in [0.05, 0.1) is 0 Å². The van der Waals surface area contributed by atoms with E-state index in [1.165, 1.54) is 19.4 Å². The fraction of sp³-hybridized carbons (Fsp3) is 0.600. The molecular weight excluding hydrogens is 224 g/mol. The fourth-order valence-electron chi connectivity index (χ4n) is 2.08. The smallest absolute Gasteiger partial charge is 0.121 e. The third kappa shape index (κ3) is 4.22. The van der Waals surface area contributed by atoms with Gasteiger partial charge in [0, 0.05) is 30.9 Å². The van der Waals surface area contributed by atoms with E-state index in [2.05, 4.69) is 18.7 Å². The number of hydrogen-bond acceptors (Lipinski definition) is 3. The van der Waals surface area contributed by atoms with Crippen LogP contribution in [0.4, 0.5) is 5.69 Å². The van der Waals surface area contributed by atoms with Gasteiger partial charge in [0.25, 0.3) is 0 Å². The number of hydrogen-bond donors (Lipinski definition) is 1. The van der Waals surface area contributed by atoms with Crippen molar-refractivity contribution in [3.8, 4) is 5.75 Å². The van der Waals surface area contributed by atoms with Crippen molar-refractivity contribution in [2.75, 3.05) is 25.4 Å². The molecule has 100 valence electrons. The highest BCUT2D eigenvalue weighted by molar-refractivity contribution is 5.43. The average molecular weight is 248 g/mol. The molecule has 0 atom stereocenters. The quantitative estimate of drug-likeness (QED) is 0.754. The van der Waals surface area contributed by atoms with Crippen LogP contribution < -0.4 is 10.5 Å². The van der Waals surface area contributed by atoms with Crippen LogP contribution in [0.15, 0.2) is 24.3 Å². The molecule has 0 spiro atoms. The lowest BCUT2D eigenvalue weighted by atomic mass is 10.2. The molecule has 1 aliphatic rings. The van der Waals surface area contributed by atoms with Crippen molar-refractivity contribution in [1.82, 2.24) is 4.90 Å². The maximum Gasteiger partial charge on any atom is 0.121 e. The summed E-state index contributed by atoms with van der Waals surface area (Å²) in [7, 11) is 0. The van der Waals surface area contributed by atoms with E-state index in [9.17, 15) is 0 Å². The molecule has 0 aromatic heterocycles. The lowest BCUT2D eigenvalue weighted by Crippen LogP contribution is -2.36. The van der Waals surface area contributed by atoms with Gasteiger partial charge in [-0.2, -0.15) is 0 Å². The lowest BCUT2D eigenvalue weighted by Gasteiger charge is -2.26. The molecule has 0 amide bonds. The first-order valence-corrected chi connectivity index (χ1v) is 6.87. The zero-order valence-electron chi connectivity index (χ0n) is 11.4.